The Morgan fingerprint density at radius 2 is 0.429 bits per heavy atom. The zero-order chi connectivity index (χ0) is 19.6. The Labute approximate surface area is 177 Å². The van der Waals surface area contributed by atoms with Crippen molar-refractivity contribution in [2.75, 3.05) is 0 Å². The van der Waals surface area contributed by atoms with E-state index in [9.17, 15) is 15.3 Å². The molecule has 4 aromatic rings. The van der Waals surface area contributed by atoms with Crippen LogP contribution >= 0.6 is 0 Å². The third-order valence-electron chi connectivity index (χ3n) is 2.90. The summed E-state index contributed by atoms with van der Waals surface area (Å²) in [7, 11) is 0. The van der Waals surface area contributed by atoms with Crippen molar-refractivity contribution in [2.45, 2.75) is 0 Å². The van der Waals surface area contributed by atoms with E-state index < -0.39 is 0 Å². The Morgan fingerprint density at radius 1 is 0.286 bits per heavy atom. The zero-order valence-electron chi connectivity index (χ0n) is 15.4. The summed E-state index contributed by atoms with van der Waals surface area (Å²) in [5.74, 6) is 0.215. The van der Waals surface area contributed by atoms with E-state index in [4.69, 9.17) is 0 Å². The molecule has 0 amide bonds. The van der Waals surface area contributed by atoms with Crippen LogP contribution in [0.3, 0.4) is 0 Å². The first-order chi connectivity index (χ1) is 13.2. The minimum Gasteiger partial charge on any atom is -0.872 e. The van der Waals surface area contributed by atoms with Gasteiger partial charge >= 0.3 is 17.4 Å². The smallest absolute Gasteiger partial charge is 0.872 e. The first kappa shape index (κ1) is 24.8. The van der Waals surface area contributed by atoms with Gasteiger partial charge in [-0.1, -0.05) is 127 Å². The van der Waals surface area contributed by atoms with E-state index in [2.05, 4.69) is 0 Å². The minimum absolute atomic E-state index is 0. The Kier molecular flexibility index (Phi) is 15.3. The van der Waals surface area contributed by atoms with Gasteiger partial charge in [0.1, 0.15) is 0 Å². The zero-order valence-corrected chi connectivity index (χ0v) is 16.6. The topological polar surface area (TPSA) is 69.2 Å². The molecule has 0 atom stereocenters. The third kappa shape index (κ3) is 15.1. The normalized spacial score (nSPS) is 8.14. The van der Waals surface area contributed by atoms with E-state index in [1.165, 1.54) is 36.4 Å². The van der Waals surface area contributed by atoms with Crippen LogP contribution in [0.15, 0.2) is 127 Å². The Balaban J connectivity index is 0.000000344. The number of hydrogen-bond acceptors (Lipinski definition) is 3. The fourth-order valence-electron chi connectivity index (χ4n) is 1.65. The fourth-order valence-corrected chi connectivity index (χ4v) is 1.65. The number of rotatable bonds is 0. The summed E-state index contributed by atoms with van der Waals surface area (Å²) in [6.45, 7) is 0. The van der Waals surface area contributed by atoms with Gasteiger partial charge in [-0.05, 0) is 0 Å². The van der Waals surface area contributed by atoms with E-state index in [-0.39, 0.29) is 34.6 Å². The van der Waals surface area contributed by atoms with Crippen LogP contribution in [0.1, 0.15) is 0 Å². The molecule has 0 fully saturated rings. The Morgan fingerprint density at radius 3 is 0.536 bits per heavy atom. The minimum atomic E-state index is 0. The Hall–Kier alpha value is -3.19. The molecule has 0 heterocycles. The van der Waals surface area contributed by atoms with Gasteiger partial charge < -0.3 is 15.3 Å². The molecule has 4 rings (SSSR count). The molecule has 0 aromatic heterocycles. The standard InChI is InChI=1S/3C6H6O.C6H6.Al/c3*7-6-4-2-1-3-5-6;1-2-4-6-5-3-1;/h3*1-5,7H;1-6H;/q;;;;+3/p-3. The van der Waals surface area contributed by atoms with E-state index in [0.717, 1.165) is 0 Å². The second kappa shape index (κ2) is 17.2. The third-order valence-corrected chi connectivity index (χ3v) is 2.90. The van der Waals surface area contributed by atoms with Crippen LogP contribution in [0, 0.1) is 0 Å². The molecular weight excluding hydrogens is 363 g/mol. The molecule has 0 spiro atoms. The van der Waals surface area contributed by atoms with E-state index in [0.29, 0.717) is 0 Å². The van der Waals surface area contributed by atoms with Crippen molar-refractivity contribution in [1.82, 2.24) is 0 Å². The molecule has 3 nitrogen and oxygen atoms in total. The SMILES string of the molecule is [Al+3].[O-]c1ccccc1.[O-]c1ccccc1.[O-]c1ccccc1.c1ccccc1. The number of benzene rings is 4. The predicted molar refractivity (Wildman–Crippen MR) is 110 cm³/mol. The molecule has 0 N–H and O–H groups in total. The summed E-state index contributed by atoms with van der Waals surface area (Å²) in [5, 5.41) is 30.8. The van der Waals surface area contributed by atoms with Gasteiger partial charge in [-0.2, -0.15) is 0 Å². The van der Waals surface area contributed by atoms with Gasteiger partial charge in [0, 0.05) is 0 Å². The molecule has 0 unspecified atom stereocenters. The van der Waals surface area contributed by atoms with Crippen LogP contribution in [0.25, 0.3) is 0 Å². The molecule has 0 aliphatic rings. The van der Waals surface area contributed by atoms with Gasteiger partial charge in [-0.15, -0.1) is 17.2 Å². The maximum absolute atomic E-state index is 10.3. The average molecular weight is 384 g/mol. The maximum atomic E-state index is 10.3. The van der Waals surface area contributed by atoms with Crippen LogP contribution in [0.4, 0.5) is 0 Å². The summed E-state index contributed by atoms with van der Waals surface area (Å²) in [4.78, 5) is 0. The van der Waals surface area contributed by atoms with E-state index in [1.807, 2.05) is 54.6 Å². The van der Waals surface area contributed by atoms with Gasteiger partial charge in [0.15, 0.2) is 0 Å². The second-order valence-electron chi connectivity index (χ2n) is 5.09. The largest absolute Gasteiger partial charge is 3.00 e. The van der Waals surface area contributed by atoms with Gasteiger partial charge in [-0.25, -0.2) is 0 Å². The van der Waals surface area contributed by atoms with E-state index >= 15 is 0 Å². The van der Waals surface area contributed by atoms with Crippen molar-refractivity contribution < 1.29 is 15.3 Å². The van der Waals surface area contributed by atoms with Crippen molar-refractivity contribution >= 4 is 17.4 Å². The number of hydrogen-bond donors (Lipinski definition) is 0. The molecule has 0 radical (unpaired) electrons. The van der Waals surface area contributed by atoms with Crippen LogP contribution in [-0.4, -0.2) is 17.4 Å². The molecule has 0 saturated heterocycles. The molecule has 4 aromatic carbocycles. The summed E-state index contributed by atoms with van der Waals surface area (Å²) in [6, 6.07) is 37.0. The molecule has 0 aliphatic carbocycles. The summed E-state index contributed by atoms with van der Waals surface area (Å²) < 4.78 is 0. The Bertz CT molecular complexity index is 680. The van der Waals surface area contributed by atoms with Crippen molar-refractivity contribution in [1.29, 1.82) is 0 Å². The molecular formula is C24H21AlO3. The summed E-state index contributed by atoms with van der Waals surface area (Å²) in [5.41, 5.74) is 0. The molecule has 0 saturated carbocycles. The first-order valence-corrected chi connectivity index (χ1v) is 8.34. The van der Waals surface area contributed by atoms with Crippen LogP contribution in [-0.2, 0) is 0 Å². The van der Waals surface area contributed by atoms with Crippen molar-refractivity contribution in [3.63, 3.8) is 0 Å². The maximum Gasteiger partial charge on any atom is 3.00 e. The molecule has 0 aliphatic heterocycles. The van der Waals surface area contributed by atoms with Crippen molar-refractivity contribution in [3.8, 4) is 17.2 Å². The van der Waals surface area contributed by atoms with Crippen LogP contribution in [0.5, 0.6) is 17.2 Å². The van der Waals surface area contributed by atoms with Gasteiger partial charge in [0.2, 0.25) is 0 Å². The van der Waals surface area contributed by atoms with Gasteiger partial charge in [-0.3, -0.25) is 0 Å². The average Bonchev–Trinajstić information content (AvgIpc) is 2.73. The summed E-state index contributed by atoms with van der Waals surface area (Å²) in [6.07, 6.45) is 0. The fraction of sp³-hybridized carbons (Fsp3) is 0. The van der Waals surface area contributed by atoms with Gasteiger partial charge in [0.25, 0.3) is 0 Å². The van der Waals surface area contributed by atoms with Crippen molar-refractivity contribution in [2.24, 2.45) is 0 Å². The van der Waals surface area contributed by atoms with Crippen LogP contribution < -0.4 is 15.3 Å². The molecule has 28 heavy (non-hydrogen) atoms. The van der Waals surface area contributed by atoms with E-state index in [1.54, 1.807) is 36.4 Å². The second-order valence-corrected chi connectivity index (χ2v) is 5.09. The monoisotopic (exact) mass is 384 g/mol. The van der Waals surface area contributed by atoms with Gasteiger partial charge in [0.05, 0.1) is 0 Å². The molecule has 0 bridgehead atoms. The first-order valence-electron chi connectivity index (χ1n) is 8.34. The molecule has 4 heteroatoms. The molecule has 138 valence electrons. The predicted octanol–water partition coefficient (Wildman–Crippen LogP) is 3.59. The van der Waals surface area contributed by atoms with Crippen LogP contribution in [0.2, 0.25) is 0 Å². The quantitative estimate of drug-likeness (QED) is 0.435. The summed E-state index contributed by atoms with van der Waals surface area (Å²) >= 11 is 0. The van der Waals surface area contributed by atoms with Crippen molar-refractivity contribution in [3.05, 3.63) is 127 Å². The number of para-hydroxylation sites is 3.